The van der Waals surface area contributed by atoms with E-state index in [1.165, 1.54) is 30.2 Å². The molecule has 1 N–H and O–H groups in total. The van der Waals surface area contributed by atoms with Crippen LogP contribution in [0.3, 0.4) is 0 Å². The molecular formula is C14H24O3. The molecule has 0 spiro atoms. The molecule has 0 rings (SSSR count). The first-order valence-electron chi connectivity index (χ1n) is 5.57. The summed E-state index contributed by atoms with van der Waals surface area (Å²) in [5.74, 6) is -0.898. The summed E-state index contributed by atoms with van der Waals surface area (Å²) in [4.78, 5) is 9.97. The van der Waals surface area contributed by atoms with Gasteiger partial charge in [-0.2, -0.15) is 0 Å². The number of carboxylic acid groups (broad SMARTS) is 1. The van der Waals surface area contributed by atoms with E-state index < -0.39 is 5.97 Å². The van der Waals surface area contributed by atoms with Gasteiger partial charge in [0.15, 0.2) is 0 Å². The van der Waals surface area contributed by atoms with E-state index in [1.54, 1.807) is 7.11 Å². The molecule has 0 aliphatic rings. The molecule has 0 aromatic heterocycles. The van der Waals surface area contributed by atoms with Crippen molar-refractivity contribution in [3.05, 3.63) is 35.5 Å². The van der Waals surface area contributed by atoms with Gasteiger partial charge in [-0.15, -0.1) is 0 Å². The highest BCUT2D eigenvalue weighted by atomic mass is 16.5. The minimum Gasteiger partial charge on any atom is -0.478 e. The molecule has 0 amide bonds. The van der Waals surface area contributed by atoms with Crippen LogP contribution >= 0.6 is 0 Å². The fraction of sp³-hybridized carbons (Fsp3) is 0.500. The Morgan fingerprint density at radius 2 is 1.82 bits per heavy atom. The molecule has 0 bridgehead atoms. The van der Waals surface area contributed by atoms with Gasteiger partial charge >= 0.3 is 5.97 Å². The molecule has 3 heteroatoms. The van der Waals surface area contributed by atoms with Crippen molar-refractivity contribution in [3.8, 4) is 0 Å². The standard InChI is InChI=1S/C8H16O.C6H8O2/c1-5-7(2)8(3)6-9-4;1-3-4-5(2)6(7)8/h5-6H2,1-4H3;3-4H,1H2,2H3,(H,7,8)/b8-7+;5-4+. The van der Waals surface area contributed by atoms with E-state index in [0.29, 0.717) is 5.57 Å². The Kier molecular flexibility index (Phi) is 11.8. The molecule has 98 valence electrons. The maximum atomic E-state index is 9.97. The highest BCUT2D eigenvalue weighted by Gasteiger charge is 1.94. The second kappa shape index (κ2) is 11.1. The predicted octanol–water partition coefficient (Wildman–Crippen LogP) is 3.58. The maximum Gasteiger partial charge on any atom is 0.331 e. The van der Waals surface area contributed by atoms with Gasteiger partial charge in [0, 0.05) is 12.7 Å². The van der Waals surface area contributed by atoms with Crippen LogP contribution in [0.25, 0.3) is 0 Å². The van der Waals surface area contributed by atoms with E-state index in [2.05, 4.69) is 27.4 Å². The average Bonchev–Trinajstić information content (AvgIpc) is 2.29. The lowest BCUT2D eigenvalue weighted by atomic mass is 10.1. The number of methoxy groups -OCH3 is 1. The van der Waals surface area contributed by atoms with Gasteiger partial charge in [-0.3, -0.25) is 0 Å². The van der Waals surface area contributed by atoms with E-state index in [4.69, 9.17) is 9.84 Å². The predicted molar refractivity (Wildman–Crippen MR) is 72.1 cm³/mol. The zero-order chi connectivity index (χ0) is 13.8. The normalized spacial score (nSPS) is 12.2. The van der Waals surface area contributed by atoms with Crippen LogP contribution in [0.1, 0.15) is 34.1 Å². The van der Waals surface area contributed by atoms with Crippen molar-refractivity contribution in [1.29, 1.82) is 0 Å². The van der Waals surface area contributed by atoms with Gasteiger partial charge in [-0.05, 0) is 32.8 Å². The van der Waals surface area contributed by atoms with E-state index in [0.717, 1.165) is 13.0 Å². The highest BCUT2D eigenvalue weighted by Crippen LogP contribution is 2.06. The van der Waals surface area contributed by atoms with Crippen LogP contribution < -0.4 is 0 Å². The van der Waals surface area contributed by atoms with Gasteiger partial charge in [0.1, 0.15) is 0 Å². The molecule has 17 heavy (non-hydrogen) atoms. The molecule has 0 aliphatic carbocycles. The molecule has 0 aliphatic heterocycles. The van der Waals surface area contributed by atoms with Gasteiger partial charge < -0.3 is 9.84 Å². The van der Waals surface area contributed by atoms with Crippen molar-refractivity contribution in [2.75, 3.05) is 13.7 Å². The van der Waals surface area contributed by atoms with Gasteiger partial charge in [0.05, 0.1) is 6.61 Å². The fourth-order valence-electron chi connectivity index (χ4n) is 0.890. The Labute approximate surface area is 104 Å². The van der Waals surface area contributed by atoms with Crippen LogP contribution in [-0.2, 0) is 9.53 Å². The van der Waals surface area contributed by atoms with E-state index >= 15 is 0 Å². The van der Waals surface area contributed by atoms with E-state index in [9.17, 15) is 4.79 Å². The lowest BCUT2D eigenvalue weighted by Gasteiger charge is -2.02. The zero-order valence-electron chi connectivity index (χ0n) is 11.5. The topological polar surface area (TPSA) is 46.5 Å². The minimum absolute atomic E-state index is 0.306. The first-order valence-corrected chi connectivity index (χ1v) is 5.57. The quantitative estimate of drug-likeness (QED) is 0.454. The smallest absolute Gasteiger partial charge is 0.331 e. The lowest BCUT2D eigenvalue weighted by molar-refractivity contribution is -0.132. The third-order valence-electron chi connectivity index (χ3n) is 2.32. The molecule has 0 saturated heterocycles. The van der Waals surface area contributed by atoms with Crippen molar-refractivity contribution in [1.82, 2.24) is 0 Å². The van der Waals surface area contributed by atoms with Crippen LogP contribution in [0.4, 0.5) is 0 Å². The second-order valence-electron chi connectivity index (χ2n) is 3.74. The van der Waals surface area contributed by atoms with Crippen LogP contribution in [0.5, 0.6) is 0 Å². The third kappa shape index (κ3) is 10.9. The van der Waals surface area contributed by atoms with Gasteiger partial charge in [0.2, 0.25) is 0 Å². The number of hydrogen-bond acceptors (Lipinski definition) is 2. The summed E-state index contributed by atoms with van der Waals surface area (Å²) < 4.78 is 4.97. The zero-order valence-corrected chi connectivity index (χ0v) is 11.5. The van der Waals surface area contributed by atoms with Crippen LogP contribution in [0.15, 0.2) is 35.5 Å². The molecule has 0 heterocycles. The molecular weight excluding hydrogens is 216 g/mol. The number of allylic oxidation sites excluding steroid dienone is 3. The Bertz CT molecular complexity index is 299. The maximum absolute atomic E-state index is 9.97. The largest absolute Gasteiger partial charge is 0.478 e. The summed E-state index contributed by atoms with van der Waals surface area (Å²) in [7, 11) is 1.73. The van der Waals surface area contributed by atoms with Crippen molar-refractivity contribution in [2.24, 2.45) is 0 Å². The van der Waals surface area contributed by atoms with Crippen molar-refractivity contribution < 1.29 is 14.6 Å². The number of carbonyl (C=O) groups is 1. The van der Waals surface area contributed by atoms with Crippen LogP contribution in [-0.4, -0.2) is 24.8 Å². The Morgan fingerprint density at radius 3 is 2.06 bits per heavy atom. The molecule has 0 unspecified atom stereocenters. The van der Waals surface area contributed by atoms with E-state index in [-0.39, 0.29) is 0 Å². The SMILES string of the molecule is C=C/C=C(\C)C(=O)O.CC/C(C)=C(\C)COC. The lowest BCUT2D eigenvalue weighted by Crippen LogP contribution is -1.94. The summed E-state index contributed by atoms with van der Waals surface area (Å²) in [6, 6.07) is 0. The number of carboxylic acids is 1. The Morgan fingerprint density at radius 1 is 1.29 bits per heavy atom. The van der Waals surface area contributed by atoms with E-state index in [1.807, 2.05) is 0 Å². The Balaban J connectivity index is 0. The number of aliphatic carboxylic acids is 1. The summed E-state index contributed by atoms with van der Waals surface area (Å²) in [6.07, 6.45) is 4.03. The number of hydrogen-bond donors (Lipinski definition) is 1. The van der Waals surface area contributed by atoms with Crippen LogP contribution in [0.2, 0.25) is 0 Å². The third-order valence-corrected chi connectivity index (χ3v) is 2.32. The molecule has 0 atom stereocenters. The second-order valence-corrected chi connectivity index (χ2v) is 3.74. The summed E-state index contributed by atoms with van der Waals surface area (Å²) in [6.45, 7) is 12.1. The number of rotatable bonds is 5. The Hall–Kier alpha value is -1.35. The van der Waals surface area contributed by atoms with Crippen LogP contribution in [0, 0.1) is 0 Å². The molecule has 0 fully saturated rings. The monoisotopic (exact) mass is 240 g/mol. The first kappa shape index (κ1) is 18.0. The molecule has 0 saturated carbocycles. The highest BCUT2D eigenvalue weighted by molar-refractivity contribution is 5.86. The summed E-state index contributed by atoms with van der Waals surface area (Å²) in [5, 5.41) is 8.20. The first-order chi connectivity index (χ1) is 7.90. The van der Waals surface area contributed by atoms with Gasteiger partial charge in [0.25, 0.3) is 0 Å². The fourth-order valence-corrected chi connectivity index (χ4v) is 0.890. The molecule has 0 aromatic rings. The van der Waals surface area contributed by atoms with Crippen molar-refractivity contribution >= 4 is 5.97 Å². The molecule has 3 nitrogen and oxygen atoms in total. The van der Waals surface area contributed by atoms with Gasteiger partial charge in [-0.25, -0.2) is 4.79 Å². The molecule has 0 radical (unpaired) electrons. The average molecular weight is 240 g/mol. The number of ether oxygens (including phenoxy) is 1. The van der Waals surface area contributed by atoms with Crippen molar-refractivity contribution in [2.45, 2.75) is 34.1 Å². The van der Waals surface area contributed by atoms with Gasteiger partial charge in [-0.1, -0.05) is 31.2 Å². The minimum atomic E-state index is -0.898. The summed E-state index contributed by atoms with van der Waals surface area (Å²) in [5.41, 5.74) is 3.11. The summed E-state index contributed by atoms with van der Waals surface area (Å²) >= 11 is 0. The van der Waals surface area contributed by atoms with Crippen molar-refractivity contribution in [3.63, 3.8) is 0 Å². The molecule has 0 aromatic carbocycles.